The molecule has 0 aliphatic carbocycles. The quantitative estimate of drug-likeness (QED) is 0.512. The molecule has 1 aromatic heterocycles. The van der Waals surface area contributed by atoms with Crippen LogP contribution < -0.4 is 4.74 Å². The van der Waals surface area contributed by atoms with Crippen LogP contribution in [0.2, 0.25) is 0 Å². The van der Waals surface area contributed by atoms with Gasteiger partial charge in [0.15, 0.2) is 5.69 Å². The maximum Gasteiger partial charge on any atom is 0.358 e. The lowest BCUT2D eigenvalue weighted by molar-refractivity contribution is 0.0465. The average molecular weight is 396 g/mol. The number of rotatable bonds is 6. The molecule has 0 saturated carbocycles. The average Bonchev–Trinajstić information content (AvgIpc) is 3.09. The molecule has 4 nitrogen and oxygen atoms in total. The fourth-order valence-corrected chi connectivity index (χ4v) is 3.44. The Morgan fingerprint density at radius 2 is 1.82 bits per heavy atom. The van der Waals surface area contributed by atoms with E-state index in [2.05, 4.69) is 36.2 Å². The number of carbonyl (C=O) groups is 1. The number of thiazole rings is 1. The Bertz CT molecular complexity index is 939. The highest BCUT2D eigenvalue weighted by molar-refractivity contribution is 7.09. The van der Waals surface area contributed by atoms with Gasteiger partial charge in [-0.15, -0.1) is 11.3 Å². The maximum atomic E-state index is 12.3. The van der Waals surface area contributed by atoms with E-state index in [-0.39, 0.29) is 12.2 Å². The second kappa shape index (κ2) is 8.57. The van der Waals surface area contributed by atoms with Crippen molar-refractivity contribution >= 4 is 17.3 Å². The number of esters is 1. The van der Waals surface area contributed by atoms with Crippen LogP contribution in [0, 0.1) is 6.92 Å². The Labute approximate surface area is 170 Å². The summed E-state index contributed by atoms with van der Waals surface area (Å²) in [5.41, 5.74) is 3.36. The van der Waals surface area contributed by atoms with E-state index in [9.17, 15) is 4.79 Å². The topological polar surface area (TPSA) is 48.4 Å². The molecule has 28 heavy (non-hydrogen) atoms. The van der Waals surface area contributed by atoms with Crippen molar-refractivity contribution < 1.29 is 14.3 Å². The molecule has 0 aliphatic rings. The van der Waals surface area contributed by atoms with Gasteiger partial charge in [0.1, 0.15) is 18.0 Å². The van der Waals surface area contributed by atoms with Gasteiger partial charge in [-0.1, -0.05) is 42.0 Å². The van der Waals surface area contributed by atoms with Gasteiger partial charge < -0.3 is 9.47 Å². The molecular weight excluding hydrogens is 370 g/mol. The Hall–Kier alpha value is -2.66. The molecule has 0 amide bonds. The largest absolute Gasteiger partial charge is 0.488 e. The number of hydrogen-bond donors (Lipinski definition) is 0. The minimum atomic E-state index is -0.409. The van der Waals surface area contributed by atoms with Gasteiger partial charge in [-0.3, -0.25) is 0 Å². The van der Waals surface area contributed by atoms with Crippen molar-refractivity contribution in [3.8, 4) is 5.75 Å². The molecular formula is C23H25NO3S. The summed E-state index contributed by atoms with van der Waals surface area (Å²) in [4.78, 5) is 16.8. The monoisotopic (exact) mass is 395 g/mol. The molecule has 0 unspecified atom stereocenters. The number of ether oxygens (including phenoxy) is 2. The Balaban J connectivity index is 1.57. The molecule has 146 valence electrons. The zero-order chi connectivity index (χ0) is 20.1. The second-order valence-corrected chi connectivity index (χ2v) is 8.67. The van der Waals surface area contributed by atoms with Gasteiger partial charge in [0.25, 0.3) is 0 Å². The number of benzene rings is 2. The number of aryl methyl sites for hydroxylation is 1. The van der Waals surface area contributed by atoms with E-state index >= 15 is 0 Å². The first-order valence-electron chi connectivity index (χ1n) is 9.23. The molecule has 2 aromatic carbocycles. The van der Waals surface area contributed by atoms with Gasteiger partial charge in [0.2, 0.25) is 0 Å². The lowest BCUT2D eigenvalue weighted by Gasteiger charge is -2.21. The maximum absolute atomic E-state index is 12.3. The molecule has 0 bridgehead atoms. The van der Waals surface area contributed by atoms with E-state index in [4.69, 9.17) is 9.47 Å². The molecule has 0 N–H and O–H groups in total. The van der Waals surface area contributed by atoms with E-state index < -0.39 is 5.97 Å². The van der Waals surface area contributed by atoms with Gasteiger partial charge in [0.05, 0.1) is 5.01 Å². The standard InChI is InChI=1S/C23H25NO3S/c1-16-8-10-17(11-9-16)13-21-24-20(15-28-21)22(25)26-14-18-6-5-7-19(12-18)27-23(2,3)4/h5-12,15H,13-14H2,1-4H3. The van der Waals surface area contributed by atoms with Crippen LogP contribution in [0.1, 0.15) is 53.0 Å². The molecule has 0 radical (unpaired) electrons. The van der Waals surface area contributed by atoms with Gasteiger partial charge in [-0.25, -0.2) is 9.78 Å². The van der Waals surface area contributed by atoms with E-state index in [1.807, 2.05) is 45.0 Å². The summed E-state index contributed by atoms with van der Waals surface area (Å²) in [6.45, 7) is 8.24. The molecule has 0 aliphatic heterocycles. The Morgan fingerprint density at radius 1 is 1.07 bits per heavy atom. The third-order valence-electron chi connectivity index (χ3n) is 3.93. The summed E-state index contributed by atoms with van der Waals surface area (Å²) in [6, 6.07) is 15.9. The second-order valence-electron chi connectivity index (χ2n) is 7.73. The number of nitrogens with zero attached hydrogens (tertiary/aromatic N) is 1. The highest BCUT2D eigenvalue weighted by Gasteiger charge is 2.14. The Kier molecular flexibility index (Phi) is 6.15. The van der Waals surface area contributed by atoms with Crippen LogP contribution in [0.4, 0.5) is 0 Å². The van der Waals surface area contributed by atoms with Crippen LogP contribution >= 0.6 is 11.3 Å². The Morgan fingerprint density at radius 3 is 2.54 bits per heavy atom. The first-order chi connectivity index (χ1) is 13.3. The minimum Gasteiger partial charge on any atom is -0.488 e. The van der Waals surface area contributed by atoms with Gasteiger partial charge in [-0.05, 0) is 51.0 Å². The van der Waals surface area contributed by atoms with Gasteiger partial charge in [-0.2, -0.15) is 0 Å². The van der Waals surface area contributed by atoms with Crippen LogP contribution in [-0.4, -0.2) is 16.6 Å². The van der Waals surface area contributed by atoms with E-state index in [1.54, 1.807) is 5.38 Å². The summed E-state index contributed by atoms with van der Waals surface area (Å²) >= 11 is 1.48. The van der Waals surface area contributed by atoms with Crippen molar-refractivity contribution in [2.24, 2.45) is 0 Å². The van der Waals surface area contributed by atoms with E-state index in [0.29, 0.717) is 12.1 Å². The van der Waals surface area contributed by atoms with Gasteiger partial charge in [0, 0.05) is 11.8 Å². The number of hydrogen-bond acceptors (Lipinski definition) is 5. The number of carbonyl (C=O) groups excluding carboxylic acids is 1. The third kappa shape index (κ3) is 5.92. The molecule has 0 spiro atoms. The van der Waals surface area contributed by atoms with Crippen molar-refractivity contribution in [2.75, 3.05) is 0 Å². The molecule has 5 heteroatoms. The van der Waals surface area contributed by atoms with Crippen molar-refractivity contribution in [3.63, 3.8) is 0 Å². The van der Waals surface area contributed by atoms with Crippen LogP contribution in [-0.2, 0) is 17.8 Å². The summed E-state index contributed by atoms with van der Waals surface area (Å²) in [7, 11) is 0. The fraction of sp³-hybridized carbons (Fsp3) is 0.304. The van der Waals surface area contributed by atoms with E-state index in [1.165, 1.54) is 22.5 Å². The van der Waals surface area contributed by atoms with Crippen molar-refractivity contribution in [1.29, 1.82) is 0 Å². The molecule has 0 fully saturated rings. The van der Waals surface area contributed by atoms with Crippen LogP contribution in [0.15, 0.2) is 53.9 Å². The van der Waals surface area contributed by atoms with Crippen molar-refractivity contribution in [2.45, 2.75) is 46.3 Å². The predicted molar refractivity (Wildman–Crippen MR) is 112 cm³/mol. The first-order valence-corrected chi connectivity index (χ1v) is 10.1. The zero-order valence-corrected chi connectivity index (χ0v) is 17.5. The molecule has 3 aromatic rings. The number of aromatic nitrogens is 1. The lowest BCUT2D eigenvalue weighted by atomic mass is 10.1. The summed E-state index contributed by atoms with van der Waals surface area (Å²) in [5.74, 6) is 0.351. The molecule has 0 saturated heterocycles. The van der Waals surface area contributed by atoms with Crippen molar-refractivity contribution in [1.82, 2.24) is 4.98 Å². The van der Waals surface area contributed by atoms with Crippen LogP contribution in [0.3, 0.4) is 0 Å². The molecule has 1 heterocycles. The normalized spacial score (nSPS) is 11.3. The first kappa shape index (κ1) is 20.1. The smallest absolute Gasteiger partial charge is 0.358 e. The molecule has 0 atom stereocenters. The van der Waals surface area contributed by atoms with Crippen LogP contribution in [0.5, 0.6) is 5.75 Å². The summed E-state index contributed by atoms with van der Waals surface area (Å²) in [5, 5.41) is 2.65. The zero-order valence-electron chi connectivity index (χ0n) is 16.7. The lowest BCUT2D eigenvalue weighted by Crippen LogP contribution is -2.22. The van der Waals surface area contributed by atoms with Crippen LogP contribution in [0.25, 0.3) is 0 Å². The summed E-state index contributed by atoms with van der Waals surface area (Å²) < 4.78 is 11.3. The predicted octanol–water partition coefficient (Wildman–Crippen LogP) is 5.58. The van der Waals surface area contributed by atoms with Gasteiger partial charge >= 0.3 is 5.97 Å². The SMILES string of the molecule is Cc1ccc(Cc2nc(C(=O)OCc3cccc(OC(C)(C)C)c3)cs2)cc1. The van der Waals surface area contributed by atoms with Crippen molar-refractivity contribution in [3.05, 3.63) is 81.3 Å². The minimum absolute atomic E-state index is 0.186. The fourth-order valence-electron chi connectivity index (χ4n) is 2.64. The summed E-state index contributed by atoms with van der Waals surface area (Å²) in [6.07, 6.45) is 0.713. The third-order valence-corrected chi connectivity index (χ3v) is 4.78. The highest BCUT2D eigenvalue weighted by atomic mass is 32.1. The molecule has 3 rings (SSSR count). The van der Waals surface area contributed by atoms with E-state index in [0.717, 1.165) is 16.3 Å². The highest BCUT2D eigenvalue weighted by Crippen LogP contribution is 2.20.